The standard InChI is InChI=1S/3C11H24.C10H18S.C10H22.C9H20O2.C9H20O.2C9H20.C8H20N2.C8H19N.C8H18O2.C7H18N2/c3*1-10(2)8-6-5-7-9-11(3)4;1-7(2)9-5-6-10(11-9)8(3)4;1-9(2)7-5-6-8-10(3)4;1-8(2)10-6-5-7-11-9(3)4;1-8(2)5-6-10-7-9(3)4;2*1-8(2)6-5-7-9(3)4;1-7(2)9-5-6-10-8(3)4;1-7(2)5-6-9-8(3)4;1-7(2)9-5-6-10-8(3)4;1-6(2)8-5-9-7(3)4/h3*10-11H,5-9H2,1-4H3;5-10H,1-4H3;9-10H,5-8H2,1-4H3;8-9H,5-7H2,1-4H3;8-9H,5-7H2,1-4H3;2*8-9H,5-7H2,1-4H3;7-10H,5-6H2,1-4H3;7-9H,5-6H2,1-4H3;7-8H,5-6H2,1-4H3;6-9H,5H2,1-4H3. The zero-order valence-electron chi connectivity index (χ0n) is 101. The van der Waals surface area contributed by atoms with Gasteiger partial charge in [-0.3, -0.25) is 0 Å². The molecule has 5 N–H and O–H groups in total. The maximum Gasteiger partial charge on any atom is 0.0704 e. The number of rotatable bonds is 62. The predicted octanol–water partition coefficient (Wildman–Crippen LogP) is 37.6. The first-order valence-corrected chi connectivity index (χ1v) is 57.6. The van der Waals surface area contributed by atoms with Gasteiger partial charge >= 0.3 is 0 Å². The Morgan fingerprint density at radius 2 is 0.389 bits per heavy atom. The Kier molecular flexibility index (Phi) is 141. The fraction of sp³-hybridized carbons (Fsp3) is 0.983. The van der Waals surface area contributed by atoms with E-state index in [1.54, 1.807) is 0 Å². The fourth-order valence-electron chi connectivity index (χ4n) is 11.8. The van der Waals surface area contributed by atoms with Crippen molar-refractivity contribution in [1.29, 1.82) is 0 Å². The molecule has 1 aliphatic heterocycles. The van der Waals surface area contributed by atoms with Gasteiger partial charge in [-0.25, -0.2) is 0 Å². The highest BCUT2D eigenvalue weighted by Gasteiger charge is 2.23. The highest BCUT2D eigenvalue weighted by molar-refractivity contribution is 8.01. The van der Waals surface area contributed by atoms with Crippen LogP contribution in [0, 0.1) is 101 Å². The molecule has 0 radical (unpaired) electrons. The van der Waals surface area contributed by atoms with Crippen molar-refractivity contribution in [3.8, 4) is 0 Å². The molecule has 1 aliphatic rings. The van der Waals surface area contributed by atoms with Crippen LogP contribution in [0.5, 0.6) is 0 Å². The van der Waals surface area contributed by atoms with Crippen molar-refractivity contribution in [2.75, 3.05) is 65.9 Å². The SMILES string of the molecule is CC(C)C1C=CC(C(C)C)S1.CC(C)CCCC(C)C.CC(C)CCCC(C)C.CC(C)CCCCC(C)C.CC(C)CCCCCC(C)C.CC(C)CCCCCC(C)C.CC(C)CCCCCC(C)C.CC(C)CCNC(C)C.CC(C)CCOCC(C)C.CC(C)NCCNC(C)C.CC(C)NCNC(C)C.CC(C)OCCCOC(C)C.CC(C)OCCOC(C)C. The summed E-state index contributed by atoms with van der Waals surface area (Å²) in [4.78, 5) is 0. The Hall–Kier alpha value is -0.310. The second-order valence-electron chi connectivity index (χ2n) is 47.8. The van der Waals surface area contributed by atoms with Crippen molar-refractivity contribution in [2.24, 2.45) is 101 Å². The highest BCUT2D eigenvalue weighted by atomic mass is 32.2. The van der Waals surface area contributed by atoms with Crippen LogP contribution in [0.4, 0.5) is 0 Å². The van der Waals surface area contributed by atoms with Gasteiger partial charge in [0.2, 0.25) is 0 Å². The molecule has 0 aromatic rings. The van der Waals surface area contributed by atoms with Gasteiger partial charge in [-0.15, -0.1) is 11.8 Å². The van der Waals surface area contributed by atoms with E-state index >= 15 is 0 Å². The summed E-state index contributed by atoms with van der Waals surface area (Å²) in [5.41, 5.74) is 0. The molecule has 1 heterocycles. The van der Waals surface area contributed by atoms with Crippen LogP contribution < -0.4 is 26.6 Å². The average molecular weight is 1890 g/mol. The maximum absolute atomic E-state index is 5.41. The second-order valence-corrected chi connectivity index (χ2v) is 49.2. The summed E-state index contributed by atoms with van der Waals surface area (Å²) < 4.78 is 26.6. The van der Waals surface area contributed by atoms with E-state index in [1.807, 2.05) is 55.4 Å². The van der Waals surface area contributed by atoms with E-state index < -0.39 is 0 Å². The van der Waals surface area contributed by atoms with Crippen LogP contribution in [-0.2, 0) is 23.7 Å². The quantitative estimate of drug-likeness (QED) is 0.0228. The van der Waals surface area contributed by atoms with Crippen molar-refractivity contribution >= 4 is 11.8 Å². The Morgan fingerprint density at radius 1 is 0.191 bits per heavy atom. The molecule has 0 fully saturated rings. The number of nitrogens with one attached hydrogen (secondary N) is 5. The smallest absolute Gasteiger partial charge is 0.0704 e. The fourth-order valence-corrected chi connectivity index (χ4v) is 13.2. The third-order valence-electron chi connectivity index (χ3n) is 20.2. The van der Waals surface area contributed by atoms with E-state index in [4.69, 9.17) is 23.7 Å². The molecule has 10 nitrogen and oxygen atoms in total. The maximum atomic E-state index is 5.41. The van der Waals surface area contributed by atoms with Crippen molar-refractivity contribution in [3.63, 3.8) is 0 Å². The molecule has 11 heteroatoms. The molecule has 1 rings (SSSR count). The van der Waals surface area contributed by atoms with E-state index in [1.165, 1.54) is 173 Å². The first-order chi connectivity index (χ1) is 60.6. The molecular weight excluding hydrogens is 1620 g/mol. The van der Waals surface area contributed by atoms with E-state index in [9.17, 15) is 0 Å². The molecule has 0 aromatic carbocycles. The van der Waals surface area contributed by atoms with Gasteiger partial charge in [0.1, 0.15) is 0 Å². The Morgan fingerprint density at radius 3 is 0.573 bits per heavy atom. The third-order valence-corrected chi connectivity index (χ3v) is 22.3. The van der Waals surface area contributed by atoms with E-state index in [-0.39, 0.29) is 0 Å². The third kappa shape index (κ3) is 209. The van der Waals surface area contributed by atoms with Gasteiger partial charge in [-0.1, -0.05) is 450 Å². The van der Waals surface area contributed by atoms with Gasteiger partial charge < -0.3 is 50.3 Å². The molecule has 2 atom stereocenters. The van der Waals surface area contributed by atoms with Crippen molar-refractivity contribution in [3.05, 3.63) is 12.2 Å². The molecule has 0 bridgehead atoms. The minimum absolute atomic E-state index is 0.316. The molecule has 0 saturated carbocycles. The van der Waals surface area contributed by atoms with Crippen LogP contribution in [0.1, 0.15) is 540 Å². The number of thioether (sulfide) groups is 1. The monoisotopic (exact) mass is 1890 g/mol. The largest absolute Gasteiger partial charge is 0.381 e. The Bertz CT molecular complexity index is 1610. The Balaban J connectivity index is -0.000000117. The molecule has 0 aliphatic carbocycles. The predicted molar refractivity (Wildman–Crippen MR) is 612 cm³/mol. The van der Waals surface area contributed by atoms with Gasteiger partial charge in [0.05, 0.1) is 37.6 Å². The van der Waals surface area contributed by atoms with Crippen LogP contribution in [0.3, 0.4) is 0 Å². The minimum atomic E-state index is 0.316. The minimum Gasteiger partial charge on any atom is -0.381 e. The number of hydrogen-bond acceptors (Lipinski definition) is 11. The molecule has 0 aromatic heterocycles. The number of hydrogen-bond donors (Lipinski definition) is 5. The molecule has 0 amide bonds. The van der Waals surface area contributed by atoms with Gasteiger partial charge in [0.15, 0.2) is 0 Å². The average Bonchev–Trinajstić information content (AvgIpc) is 1.75. The van der Waals surface area contributed by atoms with Crippen LogP contribution in [0.15, 0.2) is 12.2 Å². The van der Waals surface area contributed by atoms with Crippen LogP contribution in [0.25, 0.3) is 0 Å². The first-order valence-electron chi connectivity index (χ1n) is 56.7. The molecular formula is C120H267N5O5S. The lowest BCUT2D eigenvalue weighted by molar-refractivity contribution is -0.00108. The normalized spacial score (nSPS) is 13.0. The molecule has 0 spiro atoms. The summed E-state index contributed by atoms with van der Waals surface area (Å²) in [5, 5.41) is 18.1. The lowest BCUT2D eigenvalue weighted by Crippen LogP contribution is -2.37. The molecule has 0 saturated heterocycles. The Labute approximate surface area is 840 Å². The van der Waals surface area contributed by atoms with Crippen molar-refractivity contribution < 1.29 is 23.7 Å². The van der Waals surface area contributed by atoms with Crippen LogP contribution >= 0.6 is 11.8 Å². The van der Waals surface area contributed by atoms with Gasteiger partial charge in [0, 0.05) is 86.9 Å². The van der Waals surface area contributed by atoms with Gasteiger partial charge in [-0.05, 0) is 209 Å². The summed E-state index contributed by atoms with van der Waals surface area (Å²) in [6.45, 7) is 125. The van der Waals surface area contributed by atoms with Gasteiger partial charge in [-0.2, -0.15) is 0 Å². The number of ether oxygens (including phenoxy) is 5. The lowest BCUT2D eigenvalue weighted by Gasteiger charge is -2.17. The summed E-state index contributed by atoms with van der Waals surface area (Å²) >= 11 is 2.12. The summed E-state index contributed by atoms with van der Waals surface area (Å²) in [5.74, 6) is 14.6. The van der Waals surface area contributed by atoms with Crippen LogP contribution in [-0.4, -0.2) is 131 Å². The topological polar surface area (TPSA) is 106 Å². The summed E-state index contributed by atoms with van der Waals surface area (Å²) in [6, 6.07) is 3.01. The van der Waals surface area contributed by atoms with E-state index in [0.29, 0.717) is 73.8 Å². The van der Waals surface area contributed by atoms with Crippen LogP contribution in [0.2, 0.25) is 0 Å². The molecule has 2 unspecified atom stereocenters. The van der Waals surface area contributed by atoms with Crippen molar-refractivity contribution in [1.82, 2.24) is 26.6 Å². The second kappa shape index (κ2) is 118. The van der Waals surface area contributed by atoms with Gasteiger partial charge in [0.25, 0.3) is 0 Å². The molecule has 131 heavy (non-hydrogen) atoms. The van der Waals surface area contributed by atoms with Crippen molar-refractivity contribution in [2.45, 2.75) is 605 Å². The zero-order chi connectivity index (χ0) is 104. The van der Waals surface area contributed by atoms with E-state index in [2.05, 4.69) is 355 Å². The lowest BCUT2D eigenvalue weighted by atomic mass is 10.0. The first kappa shape index (κ1) is 156. The zero-order valence-corrected chi connectivity index (χ0v) is 102. The molecule has 808 valence electrons. The highest BCUT2D eigenvalue weighted by Crippen LogP contribution is 2.36. The van der Waals surface area contributed by atoms with E-state index in [0.717, 1.165) is 164 Å². The summed E-state index contributed by atoms with van der Waals surface area (Å²) in [6.07, 6.45) is 45.1. The number of unbranched alkanes of at least 4 members (excludes halogenated alkanes) is 7. The summed E-state index contributed by atoms with van der Waals surface area (Å²) in [7, 11) is 0.